The normalized spacial score (nSPS) is 10.2. The third kappa shape index (κ3) is 2.51. The Hall–Kier alpha value is -2.03. The second-order valence-corrected chi connectivity index (χ2v) is 3.57. The van der Waals surface area contributed by atoms with Crippen LogP contribution in [0.2, 0.25) is 0 Å². The molecule has 3 nitrogen and oxygen atoms in total. The molecule has 2 rings (SSSR count). The monoisotopic (exact) mass is 216 g/mol. The molecular formula is C13H12O3. The van der Waals surface area contributed by atoms with Gasteiger partial charge in [0.25, 0.3) is 0 Å². The number of furan rings is 1. The van der Waals surface area contributed by atoms with Crippen LogP contribution >= 0.6 is 0 Å². The lowest BCUT2D eigenvalue weighted by Gasteiger charge is -2.00. The van der Waals surface area contributed by atoms with Crippen LogP contribution in [0.5, 0.6) is 0 Å². The summed E-state index contributed by atoms with van der Waals surface area (Å²) in [7, 11) is 0. The standard InChI is InChI=1S/C13H12O3/c14-13(15)8-5-10-3-6-11(7-4-10)12-2-1-9-16-12/h1-4,6-7,9H,5,8H2,(H,14,15). The summed E-state index contributed by atoms with van der Waals surface area (Å²) >= 11 is 0. The number of carboxylic acids is 1. The van der Waals surface area contributed by atoms with E-state index < -0.39 is 5.97 Å². The molecule has 0 aliphatic carbocycles. The highest BCUT2D eigenvalue weighted by Crippen LogP contribution is 2.20. The molecule has 0 aliphatic heterocycles. The predicted octanol–water partition coefficient (Wildman–Crippen LogP) is 2.96. The van der Waals surface area contributed by atoms with Crippen LogP contribution in [0.25, 0.3) is 11.3 Å². The van der Waals surface area contributed by atoms with Crippen LogP contribution in [0.1, 0.15) is 12.0 Å². The van der Waals surface area contributed by atoms with Crippen LogP contribution in [-0.4, -0.2) is 11.1 Å². The smallest absolute Gasteiger partial charge is 0.303 e. The maximum atomic E-state index is 10.4. The van der Waals surface area contributed by atoms with E-state index in [0.717, 1.165) is 16.9 Å². The van der Waals surface area contributed by atoms with Crippen LogP contribution in [0.3, 0.4) is 0 Å². The second-order valence-electron chi connectivity index (χ2n) is 3.57. The van der Waals surface area contributed by atoms with Gasteiger partial charge in [-0.2, -0.15) is 0 Å². The van der Waals surface area contributed by atoms with E-state index >= 15 is 0 Å². The third-order valence-electron chi connectivity index (χ3n) is 2.39. The van der Waals surface area contributed by atoms with Gasteiger partial charge in [-0.15, -0.1) is 0 Å². The van der Waals surface area contributed by atoms with Gasteiger partial charge in [0.05, 0.1) is 6.26 Å². The summed E-state index contributed by atoms with van der Waals surface area (Å²) in [5.74, 6) is 0.0555. The van der Waals surface area contributed by atoms with Crippen molar-refractivity contribution in [3.63, 3.8) is 0 Å². The van der Waals surface area contributed by atoms with Gasteiger partial charge in [0, 0.05) is 12.0 Å². The number of carboxylic acid groups (broad SMARTS) is 1. The lowest BCUT2D eigenvalue weighted by Crippen LogP contribution is -1.97. The van der Waals surface area contributed by atoms with Crippen LogP contribution in [0.15, 0.2) is 47.1 Å². The molecule has 3 heteroatoms. The van der Waals surface area contributed by atoms with Crippen molar-refractivity contribution in [3.05, 3.63) is 48.2 Å². The SMILES string of the molecule is O=C(O)CCc1ccc(-c2ccco2)cc1. The fraction of sp³-hybridized carbons (Fsp3) is 0.154. The molecule has 16 heavy (non-hydrogen) atoms. The fourth-order valence-electron chi connectivity index (χ4n) is 1.53. The first-order valence-electron chi connectivity index (χ1n) is 5.10. The van der Waals surface area contributed by atoms with Gasteiger partial charge >= 0.3 is 5.97 Å². The number of hydrogen-bond donors (Lipinski definition) is 1. The highest BCUT2D eigenvalue weighted by atomic mass is 16.4. The maximum absolute atomic E-state index is 10.4. The lowest BCUT2D eigenvalue weighted by molar-refractivity contribution is -0.136. The van der Waals surface area contributed by atoms with Crippen molar-refractivity contribution >= 4 is 5.97 Å². The van der Waals surface area contributed by atoms with Crippen molar-refractivity contribution in [2.75, 3.05) is 0 Å². The molecule has 0 unspecified atom stereocenters. The van der Waals surface area contributed by atoms with E-state index in [2.05, 4.69) is 0 Å². The summed E-state index contributed by atoms with van der Waals surface area (Å²) in [5, 5.41) is 8.56. The van der Waals surface area contributed by atoms with Crippen LogP contribution in [-0.2, 0) is 11.2 Å². The molecule has 2 aromatic rings. The Labute approximate surface area is 93.3 Å². The molecule has 0 fully saturated rings. The molecule has 0 spiro atoms. The van der Waals surface area contributed by atoms with Crippen LogP contribution in [0, 0.1) is 0 Å². The highest BCUT2D eigenvalue weighted by molar-refractivity contribution is 5.67. The minimum atomic E-state index is -0.768. The van der Waals surface area contributed by atoms with Crippen molar-refractivity contribution < 1.29 is 14.3 Å². The Bertz CT molecular complexity index is 454. The maximum Gasteiger partial charge on any atom is 0.303 e. The first-order chi connectivity index (χ1) is 7.75. The Kier molecular flexibility index (Phi) is 3.05. The van der Waals surface area contributed by atoms with Gasteiger partial charge < -0.3 is 9.52 Å². The largest absolute Gasteiger partial charge is 0.481 e. The molecule has 1 heterocycles. The van der Waals surface area contributed by atoms with Crippen molar-refractivity contribution in [1.82, 2.24) is 0 Å². The molecule has 0 atom stereocenters. The van der Waals surface area contributed by atoms with Gasteiger partial charge in [0.15, 0.2) is 0 Å². The summed E-state index contributed by atoms with van der Waals surface area (Å²) in [6.07, 6.45) is 2.36. The molecule has 0 radical (unpaired) electrons. The number of carbonyl (C=O) groups is 1. The average molecular weight is 216 g/mol. The molecule has 1 aromatic carbocycles. The fourth-order valence-corrected chi connectivity index (χ4v) is 1.53. The first-order valence-corrected chi connectivity index (χ1v) is 5.10. The van der Waals surface area contributed by atoms with Gasteiger partial charge in [-0.05, 0) is 24.1 Å². The summed E-state index contributed by atoms with van der Waals surface area (Å²) in [5.41, 5.74) is 2.03. The van der Waals surface area contributed by atoms with E-state index in [9.17, 15) is 4.79 Å². The lowest BCUT2D eigenvalue weighted by atomic mass is 10.1. The zero-order valence-corrected chi connectivity index (χ0v) is 8.72. The second kappa shape index (κ2) is 4.66. The number of benzene rings is 1. The van der Waals surface area contributed by atoms with Crippen LogP contribution in [0.4, 0.5) is 0 Å². The Morgan fingerprint density at radius 2 is 1.94 bits per heavy atom. The van der Waals surface area contributed by atoms with E-state index in [0.29, 0.717) is 6.42 Å². The van der Waals surface area contributed by atoms with Crippen molar-refractivity contribution in [3.8, 4) is 11.3 Å². The van der Waals surface area contributed by atoms with Crippen molar-refractivity contribution in [2.45, 2.75) is 12.8 Å². The van der Waals surface area contributed by atoms with Crippen molar-refractivity contribution in [1.29, 1.82) is 0 Å². The van der Waals surface area contributed by atoms with Crippen LogP contribution < -0.4 is 0 Å². The zero-order chi connectivity index (χ0) is 11.4. The molecule has 82 valence electrons. The zero-order valence-electron chi connectivity index (χ0n) is 8.72. The molecule has 1 N–H and O–H groups in total. The van der Waals surface area contributed by atoms with E-state index in [4.69, 9.17) is 9.52 Å². The summed E-state index contributed by atoms with van der Waals surface area (Å²) in [6.45, 7) is 0. The Balaban J connectivity index is 2.08. The molecular weight excluding hydrogens is 204 g/mol. The van der Waals surface area contributed by atoms with Gasteiger partial charge in [-0.1, -0.05) is 24.3 Å². The van der Waals surface area contributed by atoms with E-state index in [1.165, 1.54) is 0 Å². The minimum absolute atomic E-state index is 0.167. The quantitative estimate of drug-likeness (QED) is 0.854. The molecule has 0 saturated heterocycles. The summed E-state index contributed by atoms with van der Waals surface area (Å²) in [6, 6.07) is 11.5. The van der Waals surface area contributed by atoms with Gasteiger partial charge in [0.2, 0.25) is 0 Å². The summed E-state index contributed by atoms with van der Waals surface area (Å²) in [4.78, 5) is 10.4. The number of rotatable bonds is 4. The Morgan fingerprint density at radius 1 is 1.19 bits per heavy atom. The van der Waals surface area contributed by atoms with Crippen molar-refractivity contribution in [2.24, 2.45) is 0 Å². The predicted molar refractivity (Wildman–Crippen MR) is 60.1 cm³/mol. The Morgan fingerprint density at radius 3 is 2.50 bits per heavy atom. The first kappa shape index (κ1) is 10.5. The van der Waals surface area contributed by atoms with E-state index in [-0.39, 0.29) is 6.42 Å². The number of aryl methyl sites for hydroxylation is 1. The van der Waals surface area contributed by atoms with E-state index in [1.807, 2.05) is 36.4 Å². The molecule has 0 saturated carbocycles. The average Bonchev–Trinajstić information content (AvgIpc) is 2.80. The number of hydrogen-bond acceptors (Lipinski definition) is 2. The molecule has 1 aromatic heterocycles. The molecule has 0 bridgehead atoms. The van der Waals surface area contributed by atoms with E-state index in [1.54, 1.807) is 6.26 Å². The third-order valence-corrected chi connectivity index (χ3v) is 2.39. The molecule has 0 amide bonds. The van der Waals surface area contributed by atoms with Gasteiger partial charge in [-0.3, -0.25) is 4.79 Å². The highest BCUT2D eigenvalue weighted by Gasteiger charge is 2.02. The molecule has 0 aliphatic rings. The van der Waals surface area contributed by atoms with Gasteiger partial charge in [-0.25, -0.2) is 0 Å². The topological polar surface area (TPSA) is 50.4 Å². The minimum Gasteiger partial charge on any atom is -0.481 e. The van der Waals surface area contributed by atoms with Gasteiger partial charge in [0.1, 0.15) is 5.76 Å². The number of aliphatic carboxylic acids is 1. The summed E-state index contributed by atoms with van der Waals surface area (Å²) < 4.78 is 5.26.